The molecule has 58 valence electrons. The molecule has 2 heteroatoms. The number of nitrogens with zero attached hydrogens (tertiary/aromatic N) is 1. The second kappa shape index (κ2) is 1.97. The van der Waals surface area contributed by atoms with Crippen molar-refractivity contribution < 1.29 is 4.52 Å². The number of rotatable bonds is 0. The zero-order chi connectivity index (χ0) is 7.97. The summed E-state index contributed by atoms with van der Waals surface area (Å²) in [5.41, 5.74) is 3.77. The second-order valence-electron chi connectivity index (χ2n) is 3.00. The molecule has 1 aliphatic carbocycles. The standard InChI is InChI=1S/C10H7NO/c1-2-4-8-7(3-1)5-10-9(8)6-11-12-10/h1-4,6H,5H2. The molecule has 0 bridgehead atoms. The minimum Gasteiger partial charge on any atom is -0.360 e. The van der Waals surface area contributed by atoms with Crippen LogP contribution in [0.15, 0.2) is 35.0 Å². The molecular formula is C10H7NO. The van der Waals surface area contributed by atoms with Crippen molar-refractivity contribution in [2.45, 2.75) is 6.42 Å². The maximum absolute atomic E-state index is 5.11. The van der Waals surface area contributed by atoms with Gasteiger partial charge in [0.15, 0.2) is 0 Å². The Balaban J connectivity index is 2.34. The maximum Gasteiger partial charge on any atom is 0.148 e. The Morgan fingerprint density at radius 3 is 3.08 bits per heavy atom. The SMILES string of the molecule is c1ccc2c(c1)Cc1oncc1-2. The van der Waals surface area contributed by atoms with Gasteiger partial charge in [0.2, 0.25) is 0 Å². The summed E-state index contributed by atoms with van der Waals surface area (Å²) in [4.78, 5) is 0. The second-order valence-corrected chi connectivity index (χ2v) is 3.00. The fourth-order valence-corrected chi connectivity index (χ4v) is 1.72. The third-order valence-electron chi connectivity index (χ3n) is 2.30. The molecule has 2 aromatic rings. The van der Waals surface area contributed by atoms with Gasteiger partial charge in [-0.05, 0) is 11.1 Å². The number of benzene rings is 1. The van der Waals surface area contributed by atoms with Crippen molar-refractivity contribution >= 4 is 0 Å². The van der Waals surface area contributed by atoms with E-state index >= 15 is 0 Å². The van der Waals surface area contributed by atoms with E-state index in [1.807, 2.05) is 6.07 Å². The highest BCUT2D eigenvalue weighted by Gasteiger charge is 2.20. The van der Waals surface area contributed by atoms with Gasteiger partial charge in [-0.2, -0.15) is 0 Å². The smallest absolute Gasteiger partial charge is 0.148 e. The molecule has 0 aliphatic heterocycles. The molecule has 0 fully saturated rings. The first-order valence-electron chi connectivity index (χ1n) is 3.97. The number of aromatic nitrogens is 1. The summed E-state index contributed by atoms with van der Waals surface area (Å²) in [7, 11) is 0. The van der Waals surface area contributed by atoms with E-state index in [0.717, 1.165) is 17.7 Å². The van der Waals surface area contributed by atoms with Crippen molar-refractivity contribution in [3.63, 3.8) is 0 Å². The fraction of sp³-hybridized carbons (Fsp3) is 0.100. The van der Waals surface area contributed by atoms with Crippen molar-refractivity contribution in [2.75, 3.05) is 0 Å². The molecule has 3 rings (SSSR count). The van der Waals surface area contributed by atoms with E-state index in [1.165, 1.54) is 11.1 Å². The lowest BCUT2D eigenvalue weighted by molar-refractivity contribution is 0.391. The summed E-state index contributed by atoms with van der Waals surface area (Å²) in [5.74, 6) is 0.996. The highest BCUT2D eigenvalue weighted by molar-refractivity contribution is 5.73. The van der Waals surface area contributed by atoms with Gasteiger partial charge in [-0.3, -0.25) is 0 Å². The molecule has 1 aromatic heterocycles. The molecule has 12 heavy (non-hydrogen) atoms. The first-order chi connectivity index (χ1) is 5.95. The van der Waals surface area contributed by atoms with Gasteiger partial charge in [-0.25, -0.2) is 0 Å². The van der Waals surface area contributed by atoms with Crippen molar-refractivity contribution in [3.05, 3.63) is 41.8 Å². The van der Waals surface area contributed by atoms with Crippen LogP contribution in [0.2, 0.25) is 0 Å². The molecule has 0 spiro atoms. The zero-order valence-corrected chi connectivity index (χ0v) is 6.45. The summed E-state index contributed by atoms with van der Waals surface area (Å²) < 4.78 is 5.11. The van der Waals surface area contributed by atoms with Crippen LogP contribution in [0.3, 0.4) is 0 Å². The van der Waals surface area contributed by atoms with Gasteiger partial charge in [0.25, 0.3) is 0 Å². The van der Waals surface area contributed by atoms with E-state index in [4.69, 9.17) is 4.52 Å². The number of hydrogen-bond acceptors (Lipinski definition) is 2. The van der Waals surface area contributed by atoms with E-state index in [0.29, 0.717) is 0 Å². The largest absolute Gasteiger partial charge is 0.360 e. The van der Waals surface area contributed by atoms with Gasteiger partial charge < -0.3 is 4.52 Å². The summed E-state index contributed by atoms with van der Waals surface area (Å²) in [6.45, 7) is 0. The molecule has 0 amide bonds. The minimum absolute atomic E-state index is 0.894. The highest BCUT2D eigenvalue weighted by Crippen LogP contribution is 2.35. The van der Waals surface area contributed by atoms with E-state index < -0.39 is 0 Å². The maximum atomic E-state index is 5.11. The van der Waals surface area contributed by atoms with Crippen LogP contribution in [0.25, 0.3) is 11.1 Å². The van der Waals surface area contributed by atoms with Crippen molar-refractivity contribution in [1.29, 1.82) is 0 Å². The van der Waals surface area contributed by atoms with Crippen LogP contribution in [0.1, 0.15) is 11.3 Å². The lowest BCUT2D eigenvalue weighted by atomic mass is 10.1. The molecule has 2 nitrogen and oxygen atoms in total. The van der Waals surface area contributed by atoms with Crippen LogP contribution in [-0.4, -0.2) is 5.16 Å². The first-order valence-corrected chi connectivity index (χ1v) is 3.97. The lowest BCUT2D eigenvalue weighted by Crippen LogP contribution is -1.78. The number of fused-ring (bicyclic) bond motifs is 3. The molecule has 1 aliphatic rings. The third kappa shape index (κ3) is 0.619. The number of hydrogen-bond donors (Lipinski definition) is 0. The fourth-order valence-electron chi connectivity index (χ4n) is 1.72. The molecule has 1 heterocycles. The van der Waals surface area contributed by atoms with Crippen LogP contribution in [0.5, 0.6) is 0 Å². The summed E-state index contributed by atoms with van der Waals surface area (Å²) in [6, 6.07) is 8.34. The van der Waals surface area contributed by atoms with E-state index in [-0.39, 0.29) is 0 Å². The molecule has 0 atom stereocenters. The molecule has 0 unspecified atom stereocenters. The van der Waals surface area contributed by atoms with Gasteiger partial charge in [0.05, 0.1) is 6.20 Å². The van der Waals surface area contributed by atoms with Gasteiger partial charge in [-0.1, -0.05) is 29.4 Å². The minimum atomic E-state index is 0.894. The Bertz CT molecular complexity index is 431. The average Bonchev–Trinajstić information content (AvgIpc) is 2.62. The normalized spacial score (nSPS) is 12.7. The van der Waals surface area contributed by atoms with Crippen LogP contribution < -0.4 is 0 Å². The van der Waals surface area contributed by atoms with Crippen molar-refractivity contribution in [3.8, 4) is 11.1 Å². The van der Waals surface area contributed by atoms with E-state index in [1.54, 1.807) is 6.20 Å². The molecule has 0 saturated carbocycles. The Hall–Kier alpha value is -1.57. The Morgan fingerprint density at radius 1 is 1.17 bits per heavy atom. The highest BCUT2D eigenvalue weighted by atomic mass is 16.5. The Morgan fingerprint density at radius 2 is 2.08 bits per heavy atom. The molecule has 0 N–H and O–H groups in total. The van der Waals surface area contributed by atoms with Crippen LogP contribution in [-0.2, 0) is 6.42 Å². The lowest BCUT2D eigenvalue weighted by Gasteiger charge is -1.94. The Kier molecular flexibility index (Phi) is 0.987. The van der Waals surface area contributed by atoms with Crippen molar-refractivity contribution in [2.24, 2.45) is 0 Å². The van der Waals surface area contributed by atoms with Gasteiger partial charge >= 0.3 is 0 Å². The van der Waals surface area contributed by atoms with Crippen LogP contribution in [0, 0.1) is 0 Å². The van der Waals surface area contributed by atoms with Gasteiger partial charge in [0, 0.05) is 12.0 Å². The molecule has 0 saturated heterocycles. The predicted octanol–water partition coefficient (Wildman–Crippen LogP) is 2.25. The predicted molar refractivity (Wildman–Crippen MR) is 44.7 cm³/mol. The monoisotopic (exact) mass is 157 g/mol. The molecule has 1 aromatic carbocycles. The third-order valence-corrected chi connectivity index (χ3v) is 2.30. The van der Waals surface area contributed by atoms with Crippen molar-refractivity contribution in [1.82, 2.24) is 5.16 Å². The first kappa shape index (κ1) is 6.00. The quantitative estimate of drug-likeness (QED) is 0.500. The molecular weight excluding hydrogens is 150 g/mol. The topological polar surface area (TPSA) is 26.0 Å². The van der Waals surface area contributed by atoms with E-state index in [9.17, 15) is 0 Å². The summed E-state index contributed by atoms with van der Waals surface area (Å²) >= 11 is 0. The van der Waals surface area contributed by atoms with Crippen LogP contribution in [0.4, 0.5) is 0 Å². The zero-order valence-electron chi connectivity index (χ0n) is 6.45. The van der Waals surface area contributed by atoms with E-state index in [2.05, 4.69) is 23.4 Å². The molecule has 0 radical (unpaired) electrons. The summed E-state index contributed by atoms with van der Waals surface area (Å²) in [5, 5.41) is 3.77. The average molecular weight is 157 g/mol. The van der Waals surface area contributed by atoms with Gasteiger partial charge in [0.1, 0.15) is 5.76 Å². The van der Waals surface area contributed by atoms with Crippen LogP contribution >= 0.6 is 0 Å². The Labute approximate surface area is 69.8 Å². The summed E-state index contributed by atoms with van der Waals surface area (Å²) in [6.07, 6.45) is 2.69. The van der Waals surface area contributed by atoms with Gasteiger partial charge in [-0.15, -0.1) is 0 Å².